The highest BCUT2D eigenvalue weighted by Crippen LogP contribution is 2.30. The van der Waals surface area contributed by atoms with E-state index in [2.05, 4.69) is 31.9 Å². The number of esters is 1. The number of rotatable bonds is 3. The lowest BCUT2D eigenvalue weighted by atomic mass is 10.1. The summed E-state index contributed by atoms with van der Waals surface area (Å²) in [5.74, 6) is -1.17. The summed E-state index contributed by atoms with van der Waals surface area (Å²) < 4.78 is 6.78. The number of benzene rings is 1. The van der Waals surface area contributed by atoms with Crippen LogP contribution in [-0.4, -0.2) is 31.4 Å². The van der Waals surface area contributed by atoms with Crippen molar-refractivity contribution in [3.63, 3.8) is 0 Å². The highest BCUT2D eigenvalue weighted by Gasteiger charge is 2.37. The van der Waals surface area contributed by atoms with Crippen LogP contribution in [0.4, 0.5) is 5.69 Å². The van der Waals surface area contributed by atoms with Gasteiger partial charge >= 0.3 is 5.97 Å². The van der Waals surface area contributed by atoms with Crippen LogP contribution in [0.2, 0.25) is 0 Å². The summed E-state index contributed by atoms with van der Waals surface area (Å²) in [5.41, 5.74) is 0.912. The molecule has 0 aliphatic carbocycles. The number of nitrogens with zero attached hydrogens (tertiary/aromatic N) is 1. The molecule has 1 unspecified atom stereocenters. The van der Waals surface area contributed by atoms with Crippen LogP contribution in [0.25, 0.3) is 0 Å². The van der Waals surface area contributed by atoms with E-state index >= 15 is 0 Å². The van der Waals surface area contributed by atoms with Crippen molar-refractivity contribution in [3.05, 3.63) is 27.1 Å². The van der Waals surface area contributed by atoms with E-state index in [1.54, 1.807) is 6.92 Å². The Bertz CT molecular complexity index is 519. The highest BCUT2D eigenvalue weighted by molar-refractivity contribution is 9.13. The molecule has 1 aliphatic rings. The van der Waals surface area contributed by atoms with Gasteiger partial charge in [-0.15, -0.1) is 0 Å². The molecule has 0 bridgehead atoms. The number of anilines is 1. The van der Waals surface area contributed by atoms with Gasteiger partial charge in [-0.1, -0.05) is 0 Å². The lowest BCUT2D eigenvalue weighted by Crippen LogP contribution is -2.25. The smallest absolute Gasteiger partial charge is 0.318 e. The Morgan fingerprint density at radius 1 is 1.42 bits per heavy atom. The molecule has 0 amide bonds. The topological polar surface area (TPSA) is 46.6 Å². The molecule has 0 aromatic heterocycles. The van der Waals surface area contributed by atoms with Gasteiger partial charge in [0.25, 0.3) is 0 Å². The molecule has 0 saturated carbocycles. The Morgan fingerprint density at radius 3 is 2.79 bits per heavy atom. The maximum atomic E-state index is 11.9. The Labute approximate surface area is 128 Å². The molecule has 1 fully saturated rings. The summed E-state index contributed by atoms with van der Waals surface area (Å²) in [6.07, 6.45) is 0. The SMILES string of the molecule is CCOC(=O)C1CN(c2ccc(Br)c(Br)c2)CC1=O. The Morgan fingerprint density at radius 2 is 2.16 bits per heavy atom. The van der Waals surface area contributed by atoms with E-state index in [-0.39, 0.29) is 12.3 Å². The molecule has 1 aliphatic heterocycles. The number of halogens is 2. The number of ether oxygens (including phenoxy) is 1. The second-order valence-electron chi connectivity index (χ2n) is 4.25. The van der Waals surface area contributed by atoms with Crippen LogP contribution in [0, 0.1) is 5.92 Å². The predicted octanol–water partition coefficient (Wildman–Crippen LogP) is 2.78. The molecule has 1 atom stereocenters. The molecule has 0 N–H and O–H groups in total. The van der Waals surface area contributed by atoms with E-state index < -0.39 is 11.9 Å². The predicted molar refractivity (Wildman–Crippen MR) is 79.2 cm³/mol. The van der Waals surface area contributed by atoms with Crippen molar-refractivity contribution < 1.29 is 14.3 Å². The maximum Gasteiger partial charge on any atom is 0.318 e. The molecule has 102 valence electrons. The molecule has 1 saturated heterocycles. The van der Waals surface area contributed by atoms with Crippen LogP contribution >= 0.6 is 31.9 Å². The van der Waals surface area contributed by atoms with Crippen LogP contribution in [-0.2, 0) is 14.3 Å². The first-order valence-corrected chi connectivity index (χ1v) is 7.51. The number of Topliss-reactive ketones (excluding diaryl/α,β-unsaturated/α-hetero) is 1. The van der Waals surface area contributed by atoms with Crippen molar-refractivity contribution in [1.29, 1.82) is 0 Å². The minimum Gasteiger partial charge on any atom is -0.465 e. The lowest BCUT2D eigenvalue weighted by Gasteiger charge is -2.17. The van der Waals surface area contributed by atoms with Crippen molar-refractivity contribution >= 4 is 49.3 Å². The van der Waals surface area contributed by atoms with Crippen LogP contribution in [0.1, 0.15) is 6.92 Å². The molecule has 1 aromatic rings. The average Bonchev–Trinajstić information content (AvgIpc) is 2.75. The number of carbonyl (C=O) groups excluding carboxylic acids is 2. The molecular weight excluding hydrogens is 378 g/mol. The summed E-state index contributed by atoms with van der Waals surface area (Å²) in [6, 6.07) is 5.74. The van der Waals surface area contributed by atoms with Crippen molar-refractivity contribution in [2.45, 2.75) is 6.92 Å². The van der Waals surface area contributed by atoms with Gasteiger partial charge in [0.1, 0.15) is 5.92 Å². The van der Waals surface area contributed by atoms with Crippen LogP contribution < -0.4 is 4.90 Å². The van der Waals surface area contributed by atoms with Crippen LogP contribution in [0.5, 0.6) is 0 Å². The molecule has 19 heavy (non-hydrogen) atoms. The molecule has 0 radical (unpaired) electrons. The maximum absolute atomic E-state index is 11.9. The van der Waals surface area contributed by atoms with Crippen molar-refractivity contribution in [1.82, 2.24) is 0 Å². The van der Waals surface area contributed by atoms with E-state index in [4.69, 9.17) is 4.74 Å². The van der Waals surface area contributed by atoms with E-state index in [9.17, 15) is 9.59 Å². The molecule has 2 rings (SSSR count). The zero-order valence-electron chi connectivity index (χ0n) is 10.4. The molecule has 6 heteroatoms. The van der Waals surface area contributed by atoms with E-state index in [1.165, 1.54) is 0 Å². The zero-order valence-corrected chi connectivity index (χ0v) is 13.5. The van der Waals surface area contributed by atoms with Gasteiger partial charge < -0.3 is 9.64 Å². The van der Waals surface area contributed by atoms with Crippen LogP contribution in [0.3, 0.4) is 0 Å². The van der Waals surface area contributed by atoms with Gasteiger partial charge in [0.05, 0.1) is 13.2 Å². The third-order valence-corrected chi connectivity index (χ3v) is 4.86. The largest absolute Gasteiger partial charge is 0.465 e. The van der Waals surface area contributed by atoms with Gasteiger partial charge in [-0.05, 0) is 57.0 Å². The molecule has 4 nitrogen and oxygen atoms in total. The van der Waals surface area contributed by atoms with Crippen molar-refractivity contribution in [2.75, 3.05) is 24.6 Å². The van der Waals surface area contributed by atoms with Gasteiger partial charge in [-0.25, -0.2) is 0 Å². The number of hydrogen-bond donors (Lipinski definition) is 0. The van der Waals surface area contributed by atoms with Crippen LogP contribution in [0.15, 0.2) is 27.1 Å². The van der Waals surface area contributed by atoms with Gasteiger partial charge in [0, 0.05) is 21.2 Å². The third kappa shape index (κ3) is 3.17. The Kier molecular flexibility index (Phi) is 4.62. The van der Waals surface area contributed by atoms with Gasteiger partial charge in [-0.3, -0.25) is 9.59 Å². The van der Waals surface area contributed by atoms with Gasteiger partial charge in [0.15, 0.2) is 5.78 Å². The fourth-order valence-corrected chi connectivity index (χ4v) is 2.63. The highest BCUT2D eigenvalue weighted by atomic mass is 79.9. The molecule has 1 heterocycles. The monoisotopic (exact) mass is 389 g/mol. The standard InChI is InChI=1S/C13H13Br2NO3/c1-2-19-13(18)9-6-16(7-12(9)17)8-3-4-10(14)11(15)5-8/h3-5,9H,2,6-7H2,1H3. The summed E-state index contributed by atoms with van der Waals surface area (Å²) >= 11 is 6.83. The summed E-state index contributed by atoms with van der Waals surface area (Å²) in [7, 11) is 0. The summed E-state index contributed by atoms with van der Waals surface area (Å²) in [4.78, 5) is 25.4. The van der Waals surface area contributed by atoms with E-state index in [0.29, 0.717) is 13.2 Å². The Balaban J connectivity index is 2.14. The first-order valence-electron chi connectivity index (χ1n) is 5.92. The average molecular weight is 391 g/mol. The van der Waals surface area contributed by atoms with E-state index in [1.807, 2.05) is 23.1 Å². The van der Waals surface area contributed by atoms with Crippen molar-refractivity contribution in [3.8, 4) is 0 Å². The third-order valence-electron chi connectivity index (χ3n) is 2.98. The first-order chi connectivity index (χ1) is 9.02. The fraction of sp³-hybridized carbons (Fsp3) is 0.385. The van der Waals surface area contributed by atoms with E-state index in [0.717, 1.165) is 14.6 Å². The fourth-order valence-electron chi connectivity index (χ4n) is 2.01. The number of ketones is 1. The van der Waals surface area contributed by atoms with Gasteiger partial charge in [0.2, 0.25) is 0 Å². The molecule has 0 spiro atoms. The zero-order chi connectivity index (χ0) is 14.0. The normalized spacial score (nSPS) is 18.8. The lowest BCUT2D eigenvalue weighted by molar-refractivity contribution is -0.149. The summed E-state index contributed by atoms with van der Waals surface area (Å²) in [5, 5.41) is 0. The minimum atomic E-state index is -0.664. The second-order valence-corrected chi connectivity index (χ2v) is 5.96. The first kappa shape index (κ1) is 14.5. The second kappa shape index (κ2) is 6.05. The number of hydrogen-bond acceptors (Lipinski definition) is 4. The summed E-state index contributed by atoms with van der Waals surface area (Å²) in [6.45, 7) is 2.66. The minimum absolute atomic E-state index is 0.0857. The van der Waals surface area contributed by atoms with Gasteiger partial charge in [-0.2, -0.15) is 0 Å². The van der Waals surface area contributed by atoms with Crippen molar-refractivity contribution in [2.24, 2.45) is 5.92 Å². The quantitative estimate of drug-likeness (QED) is 0.588. The molecule has 1 aromatic carbocycles. The Hall–Kier alpha value is -0.880. The number of carbonyl (C=O) groups is 2. The molecular formula is C13H13Br2NO3.